The number of rotatable bonds is 8. The molecule has 3 aromatic rings. The number of hydrogen-bond acceptors (Lipinski definition) is 6. The first-order valence-corrected chi connectivity index (χ1v) is 15.6. The minimum Gasteiger partial charge on any atom is -0.389 e. The molecule has 1 aliphatic heterocycles. The van der Waals surface area contributed by atoms with E-state index < -0.39 is 33.7 Å². The Bertz CT molecular complexity index is 1440. The lowest BCUT2D eigenvalue weighted by Gasteiger charge is -2.34. The molecule has 1 fully saturated rings. The second kappa shape index (κ2) is 11.8. The number of aliphatic hydroxyl groups excluding tert-OH is 2. The highest BCUT2D eigenvalue weighted by Gasteiger charge is 2.32. The molecule has 8 heteroatoms. The fourth-order valence-corrected chi connectivity index (χ4v) is 7.35. The van der Waals surface area contributed by atoms with Crippen LogP contribution in [0.3, 0.4) is 0 Å². The van der Waals surface area contributed by atoms with Crippen LogP contribution in [0.15, 0.2) is 65.6 Å². The van der Waals surface area contributed by atoms with Crippen molar-refractivity contribution in [3.8, 4) is 0 Å². The van der Waals surface area contributed by atoms with Crippen LogP contribution < -0.4 is 5.32 Å². The van der Waals surface area contributed by atoms with Crippen LogP contribution in [0.4, 0.5) is 0 Å². The summed E-state index contributed by atoms with van der Waals surface area (Å²) in [6.45, 7) is 4.33. The number of benzene rings is 3. The van der Waals surface area contributed by atoms with Gasteiger partial charge in [-0.15, -0.1) is 0 Å². The van der Waals surface area contributed by atoms with E-state index in [0.717, 1.165) is 48.7 Å². The van der Waals surface area contributed by atoms with Crippen molar-refractivity contribution >= 4 is 26.5 Å². The summed E-state index contributed by atoms with van der Waals surface area (Å²) in [4.78, 5) is 15.5. The Hall–Kier alpha value is -2.78. The molecule has 4 atom stereocenters. The molecule has 2 aliphatic rings. The van der Waals surface area contributed by atoms with Gasteiger partial charge in [-0.25, -0.2) is 8.42 Å². The van der Waals surface area contributed by atoms with Gasteiger partial charge in [0.15, 0.2) is 15.9 Å². The number of piperidine rings is 1. The number of nitrogens with zero attached hydrogens (tertiary/aromatic N) is 1. The average Bonchev–Trinajstić information content (AvgIpc) is 2.93. The van der Waals surface area contributed by atoms with Crippen molar-refractivity contribution in [1.82, 2.24) is 10.2 Å². The molecule has 0 spiro atoms. The lowest BCUT2D eigenvalue weighted by atomic mass is 9.86. The summed E-state index contributed by atoms with van der Waals surface area (Å²) in [6.07, 6.45) is 2.71. The third kappa shape index (κ3) is 6.35. The minimum atomic E-state index is -3.93. The lowest BCUT2D eigenvalue weighted by molar-refractivity contribution is -0.135. The van der Waals surface area contributed by atoms with Gasteiger partial charge >= 0.3 is 0 Å². The number of aliphatic hydroxyl groups is 2. The first-order chi connectivity index (χ1) is 18.7. The van der Waals surface area contributed by atoms with Crippen LogP contribution in [-0.2, 0) is 27.6 Å². The highest BCUT2D eigenvalue weighted by Crippen LogP contribution is 2.31. The standard InChI is InChI=1S/C31H38N2O5S/c1-21-7-4-5-16-33(21)19-22-12-15-27-25(17-22)10-6-11-28(27)32-31(36)30(35)29(34)20-39(37,38)26-14-13-23-8-2-3-9-24(23)18-26/h2-3,8-9,12-15,17-18,21,28-30,34-35H,4-7,10-11,16,19-20H2,1H3,(H,32,36)/t21-,28-,29-,30-/m1/s1. The molecule has 39 heavy (non-hydrogen) atoms. The second-order valence-electron chi connectivity index (χ2n) is 11.1. The Morgan fingerprint density at radius 2 is 1.79 bits per heavy atom. The highest BCUT2D eigenvalue weighted by atomic mass is 32.2. The van der Waals surface area contributed by atoms with E-state index in [2.05, 4.69) is 35.3 Å². The van der Waals surface area contributed by atoms with Crippen molar-refractivity contribution in [1.29, 1.82) is 0 Å². The van der Waals surface area contributed by atoms with Gasteiger partial charge in [-0.2, -0.15) is 0 Å². The number of nitrogens with one attached hydrogen (secondary N) is 1. The largest absolute Gasteiger partial charge is 0.389 e. The molecule has 5 rings (SSSR count). The third-order valence-electron chi connectivity index (χ3n) is 8.27. The quantitative estimate of drug-likeness (QED) is 0.393. The van der Waals surface area contributed by atoms with Gasteiger partial charge in [-0.1, -0.05) is 55.0 Å². The summed E-state index contributed by atoms with van der Waals surface area (Å²) < 4.78 is 25.9. The van der Waals surface area contributed by atoms with Crippen molar-refractivity contribution in [3.63, 3.8) is 0 Å². The monoisotopic (exact) mass is 550 g/mol. The van der Waals surface area contributed by atoms with Crippen molar-refractivity contribution in [2.45, 2.75) is 81.2 Å². The number of amides is 1. The number of aryl methyl sites for hydroxylation is 1. The van der Waals surface area contributed by atoms with Gasteiger partial charge in [0.05, 0.1) is 16.7 Å². The Labute approximate surface area is 230 Å². The molecule has 0 unspecified atom stereocenters. The molecular formula is C31H38N2O5S. The Kier molecular flexibility index (Phi) is 8.38. The van der Waals surface area contributed by atoms with Gasteiger partial charge < -0.3 is 15.5 Å². The van der Waals surface area contributed by atoms with Gasteiger partial charge in [-0.05, 0) is 85.2 Å². The molecule has 208 valence electrons. The molecule has 1 heterocycles. The maximum absolute atomic E-state index is 13.0. The van der Waals surface area contributed by atoms with Gasteiger partial charge in [0, 0.05) is 12.6 Å². The normalized spacial score (nSPS) is 21.7. The van der Waals surface area contributed by atoms with Gasteiger partial charge in [-0.3, -0.25) is 9.69 Å². The Morgan fingerprint density at radius 3 is 2.59 bits per heavy atom. The minimum absolute atomic E-state index is 0.0452. The fraction of sp³-hybridized carbons (Fsp3) is 0.452. The molecule has 0 radical (unpaired) electrons. The van der Waals surface area contributed by atoms with Gasteiger partial charge in [0.25, 0.3) is 5.91 Å². The Morgan fingerprint density at radius 1 is 1.00 bits per heavy atom. The highest BCUT2D eigenvalue weighted by molar-refractivity contribution is 7.91. The first kappa shape index (κ1) is 27.8. The van der Waals surface area contributed by atoms with Crippen LogP contribution >= 0.6 is 0 Å². The SMILES string of the molecule is C[C@@H]1CCCCN1Cc1ccc2c(c1)CCC[C@H]2NC(=O)[C@H](O)[C@H](O)CS(=O)(=O)c1ccc2ccccc2c1. The van der Waals surface area contributed by atoms with E-state index in [9.17, 15) is 23.4 Å². The summed E-state index contributed by atoms with van der Waals surface area (Å²) in [6, 6.07) is 18.8. The summed E-state index contributed by atoms with van der Waals surface area (Å²) in [5.41, 5.74) is 3.49. The average molecular weight is 551 g/mol. The predicted molar refractivity (Wildman–Crippen MR) is 152 cm³/mol. The third-order valence-corrected chi connectivity index (χ3v) is 10.0. The van der Waals surface area contributed by atoms with Crippen molar-refractivity contribution in [3.05, 3.63) is 77.4 Å². The molecular weight excluding hydrogens is 512 g/mol. The van der Waals surface area contributed by atoms with E-state index in [-0.39, 0.29) is 10.9 Å². The smallest absolute Gasteiger partial charge is 0.252 e. The zero-order chi connectivity index (χ0) is 27.6. The molecule has 1 aliphatic carbocycles. The van der Waals surface area contributed by atoms with Crippen molar-refractivity contribution < 1.29 is 23.4 Å². The van der Waals surface area contributed by atoms with Crippen LogP contribution in [0.1, 0.15) is 61.8 Å². The van der Waals surface area contributed by atoms with E-state index >= 15 is 0 Å². The number of carbonyl (C=O) groups excluding carboxylic acids is 1. The lowest BCUT2D eigenvalue weighted by Crippen LogP contribution is -2.46. The number of hydrogen-bond donors (Lipinski definition) is 3. The zero-order valence-electron chi connectivity index (χ0n) is 22.4. The van der Waals surface area contributed by atoms with E-state index in [0.29, 0.717) is 6.04 Å². The summed E-state index contributed by atoms with van der Waals surface area (Å²) >= 11 is 0. The fourth-order valence-electron chi connectivity index (χ4n) is 5.95. The van der Waals surface area contributed by atoms with Crippen LogP contribution in [0.5, 0.6) is 0 Å². The summed E-state index contributed by atoms with van der Waals surface area (Å²) in [7, 11) is -3.93. The maximum Gasteiger partial charge on any atom is 0.252 e. The van der Waals surface area contributed by atoms with E-state index in [1.165, 1.54) is 36.5 Å². The van der Waals surface area contributed by atoms with Crippen LogP contribution in [0.25, 0.3) is 10.8 Å². The van der Waals surface area contributed by atoms with Crippen molar-refractivity contribution in [2.24, 2.45) is 0 Å². The molecule has 1 amide bonds. The first-order valence-electron chi connectivity index (χ1n) is 13.9. The van der Waals surface area contributed by atoms with Gasteiger partial charge in [0.2, 0.25) is 0 Å². The molecule has 0 saturated carbocycles. The molecule has 1 saturated heterocycles. The number of carbonyl (C=O) groups is 1. The Balaban J connectivity index is 1.22. The second-order valence-corrected chi connectivity index (χ2v) is 13.1. The predicted octanol–water partition coefficient (Wildman–Crippen LogP) is 3.90. The molecule has 0 bridgehead atoms. The van der Waals surface area contributed by atoms with Crippen LogP contribution in [0.2, 0.25) is 0 Å². The topological polar surface area (TPSA) is 107 Å². The van der Waals surface area contributed by atoms with Crippen LogP contribution in [-0.4, -0.2) is 60.0 Å². The van der Waals surface area contributed by atoms with Crippen molar-refractivity contribution in [2.75, 3.05) is 12.3 Å². The zero-order valence-corrected chi connectivity index (χ0v) is 23.2. The van der Waals surface area contributed by atoms with E-state index in [4.69, 9.17) is 0 Å². The van der Waals surface area contributed by atoms with Gasteiger partial charge in [0.1, 0.15) is 6.10 Å². The van der Waals surface area contributed by atoms with E-state index in [1.807, 2.05) is 24.3 Å². The van der Waals surface area contributed by atoms with E-state index in [1.54, 1.807) is 12.1 Å². The number of sulfone groups is 1. The summed E-state index contributed by atoms with van der Waals surface area (Å²) in [5, 5.41) is 25.6. The number of fused-ring (bicyclic) bond motifs is 2. The molecule has 3 aromatic carbocycles. The van der Waals surface area contributed by atoms with Crippen LogP contribution in [0, 0.1) is 0 Å². The molecule has 3 N–H and O–H groups in total. The number of likely N-dealkylation sites (tertiary alicyclic amines) is 1. The molecule has 0 aromatic heterocycles. The molecule has 7 nitrogen and oxygen atoms in total. The summed E-state index contributed by atoms with van der Waals surface area (Å²) in [5.74, 6) is -1.51. The maximum atomic E-state index is 13.0.